The molecule has 124 valence electrons. The standard InChI is InChI=1S/C14H19BrN2O3S.ClH/c15-12-3-1-11(2-4-12)9-21(19,20)10-14(18)17-7-5-13(16)6-8-17;/h1-4,13H,5-10,16H2;1H. The molecule has 1 amide bonds. The Hall–Kier alpha value is -0.630. The maximum atomic E-state index is 12.1. The van der Waals surface area contributed by atoms with Gasteiger partial charge in [-0.1, -0.05) is 28.1 Å². The average Bonchev–Trinajstić information content (AvgIpc) is 2.41. The minimum absolute atomic E-state index is 0. The fraction of sp³-hybridized carbons (Fsp3) is 0.500. The maximum Gasteiger partial charge on any atom is 0.237 e. The first-order valence-corrected chi connectivity index (χ1v) is 9.45. The van der Waals surface area contributed by atoms with Gasteiger partial charge in [-0.25, -0.2) is 8.42 Å². The van der Waals surface area contributed by atoms with Gasteiger partial charge in [-0.05, 0) is 30.5 Å². The molecule has 1 saturated heterocycles. The molecule has 0 radical (unpaired) electrons. The van der Waals surface area contributed by atoms with E-state index < -0.39 is 15.6 Å². The van der Waals surface area contributed by atoms with E-state index in [2.05, 4.69) is 15.9 Å². The normalized spacial score (nSPS) is 16.2. The summed E-state index contributed by atoms with van der Waals surface area (Å²) >= 11 is 3.30. The van der Waals surface area contributed by atoms with Gasteiger partial charge in [0.05, 0.1) is 5.75 Å². The molecule has 0 saturated carbocycles. The number of benzene rings is 1. The van der Waals surface area contributed by atoms with Gasteiger partial charge in [0, 0.05) is 23.6 Å². The minimum Gasteiger partial charge on any atom is -0.342 e. The Morgan fingerprint density at radius 2 is 1.77 bits per heavy atom. The van der Waals surface area contributed by atoms with Gasteiger partial charge in [0.1, 0.15) is 5.75 Å². The number of hydrogen-bond donors (Lipinski definition) is 1. The number of nitrogens with two attached hydrogens (primary N) is 1. The van der Waals surface area contributed by atoms with Gasteiger partial charge in [0.25, 0.3) is 0 Å². The summed E-state index contributed by atoms with van der Waals surface area (Å²) in [6.07, 6.45) is 1.47. The maximum absolute atomic E-state index is 12.1. The molecule has 0 aliphatic carbocycles. The number of sulfone groups is 1. The van der Waals surface area contributed by atoms with E-state index >= 15 is 0 Å². The number of carbonyl (C=O) groups excluding carboxylic acids is 1. The van der Waals surface area contributed by atoms with Gasteiger partial charge < -0.3 is 10.6 Å². The quantitative estimate of drug-likeness (QED) is 0.818. The number of piperidine rings is 1. The third-order valence-corrected chi connectivity index (χ3v) is 5.52. The summed E-state index contributed by atoms with van der Waals surface area (Å²) in [6, 6.07) is 7.18. The van der Waals surface area contributed by atoms with Crippen LogP contribution in [0.4, 0.5) is 0 Å². The van der Waals surface area contributed by atoms with E-state index in [4.69, 9.17) is 5.73 Å². The van der Waals surface area contributed by atoms with E-state index in [0.29, 0.717) is 18.7 Å². The van der Waals surface area contributed by atoms with Crippen molar-refractivity contribution in [3.8, 4) is 0 Å². The molecule has 1 aromatic rings. The Morgan fingerprint density at radius 3 is 2.32 bits per heavy atom. The molecular formula is C14H20BrClN2O3S. The van der Waals surface area contributed by atoms with Crippen LogP contribution in [0.1, 0.15) is 18.4 Å². The van der Waals surface area contributed by atoms with Crippen LogP contribution in [0.15, 0.2) is 28.7 Å². The molecule has 0 aromatic heterocycles. The first kappa shape index (κ1) is 19.4. The van der Waals surface area contributed by atoms with Gasteiger partial charge in [0.15, 0.2) is 9.84 Å². The Labute approximate surface area is 145 Å². The molecule has 1 aromatic carbocycles. The van der Waals surface area contributed by atoms with Gasteiger partial charge in [0.2, 0.25) is 5.91 Å². The van der Waals surface area contributed by atoms with Crippen molar-refractivity contribution in [2.75, 3.05) is 18.8 Å². The predicted octanol–water partition coefficient (Wildman–Crippen LogP) is 1.74. The number of likely N-dealkylation sites (tertiary alicyclic amines) is 1. The summed E-state index contributed by atoms with van der Waals surface area (Å²) in [5.74, 6) is -0.864. The molecule has 0 atom stereocenters. The summed E-state index contributed by atoms with van der Waals surface area (Å²) in [7, 11) is -3.45. The van der Waals surface area contributed by atoms with Crippen molar-refractivity contribution >= 4 is 44.1 Å². The zero-order chi connectivity index (χ0) is 15.5. The number of amides is 1. The summed E-state index contributed by atoms with van der Waals surface area (Å²) in [5.41, 5.74) is 6.47. The van der Waals surface area contributed by atoms with Gasteiger partial charge in [-0.2, -0.15) is 0 Å². The molecule has 1 fully saturated rings. The molecule has 1 aliphatic heterocycles. The van der Waals surface area contributed by atoms with Crippen molar-refractivity contribution in [1.29, 1.82) is 0 Å². The summed E-state index contributed by atoms with van der Waals surface area (Å²) in [6.45, 7) is 1.10. The van der Waals surface area contributed by atoms with Crippen LogP contribution in [0.25, 0.3) is 0 Å². The van der Waals surface area contributed by atoms with Gasteiger partial charge in [-0.15, -0.1) is 12.4 Å². The Bertz CT molecular complexity index is 599. The topological polar surface area (TPSA) is 80.5 Å². The molecule has 0 spiro atoms. The lowest BCUT2D eigenvalue weighted by Gasteiger charge is -2.30. The lowest BCUT2D eigenvalue weighted by molar-refractivity contribution is -0.129. The zero-order valence-corrected chi connectivity index (χ0v) is 15.3. The lowest BCUT2D eigenvalue weighted by Crippen LogP contribution is -2.45. The van der Waals surface area contributed by atoms with Crippen LogP contribution in [0.2, 0.25) is 0 Å². The lowest BCUT2D eigenvalue weighted by atomic mass is 10.1. The SMILES string of the molecule is Cl.NC1CCN(C(=O)CS(=O)(=O)Cc2ccc(Br)cc2)CC1. The van der Waals surface area contributed by atoms with Crippen molar-refractivity contribution in [2.24, 2.45) is 5.73 Å². The zero-order valence-electron chi connectivity index (χ0n) is 12.1. The second-order valence-corrected chi connectivity index (χ2v) is 8.36. The first-order chi connectivity index (χ1) is 9.85. The highest BCUT2D eigenvalue weighted by atomic mass is 79.9. The summed E-state index contributed by atoms with van der Waals surface area (Å²) in [5, 5.41) is 0. The molecule has 1 aliphatic rings. The van der Waals surface area contributed by atoms with Crippen LogP contribution in [-0.4, -0.2) is 44.1 Å². The molecule has 1 heterocycles. The van der Waals surface area contributed by atoms with E-state index in [1.54, 1.807) is 29.2 Å². The number of nitrogens with zero attached hydrogens (tertiary/aromatic N) is 1. The second kappa shape index (κ2) is 8.29. The Kier molecular flexibility index (Phi) is 7.31. The molecule has 22 heavy (non-hydrogen) atoms. The first-order valence-electron chi connectivity index (χ1n) is 6.84. The summed E-state index contributed by atoms with van der Waals surface area (Å²) < 4.78 is 25.1. The van der Waals surface area contributed by atoms with E-state index in [-0.39, 0.29) is 30.1 Å². The predicted molar refractivity (Wildman–Crippen MR) is 92.7 cm³/mol. The smallest absolute Gasteiger partial charge is 0.237 e. The van der Waals surface area contributed by atoms with Crippen LogP contribution < -0.4 is 5.73 Å². The highest BCUT2D eigenvalue weighted by Crippen LogP contribution is 2.14. The monoisotopic (exact) mass is 410 g/mol. The third kappa shape index (κ3) is 5.87. The van der Waals surface area contributed by atoms with Crippen molar-refractivity contribution < 1.29 is 13.2 Å². The highest BCUT2D eigenvalue weighted by molar-refractivity contribution is 9.10. The van der Waals surface area contributed by atoms with Gasteiger partial charge in [-0.3, -0.25) is 4.79 Å². The fourth-order valence-electron chi connectivity index (χ4n) is 2.31. The highest BCUT2D eigenvalue weighted by Gasteiger charge is 2.25. The van der Waals surface area contributed by atoms with Crippen molar-refractivity contribution in [3.05, 3.63) is 34.3 Å². The van der Waals surface area contributed by atoms with Crippen molar-refractivity contribution in [1.82, 2.24) is 4.90 Å². The van der Waals surface area contributed by atoms with E-state index in [1.807, 2.05) is 0 Å². The van der Waals surface area contributed by atoms with Crippen LogP contribution in [0.5, 0.6) is 0 Å². The van der Waals surface area contributed by atoms with Crippen LogP contribution in [0, 0.1) is 0 Å². The number of hydrogen-bond acceptors (Lipinski definition) is 4. The van der Waals surface area contributed by atoms with E-state index in [0.717, 1.165) is 17.3 Å². The third-order valence-electron chi connectivity index (χ3n) is 3.54. The molecule has 8 heteroatoms. The van der Waals surface area contributed by atoms with Gasteiger partial charge >= 0.3 is 0 Å². The van der Waals surface area contributed by atoms with E-state index in [1.165, 1.54) is 0 Å². The number of carbonyl (C=O) groups is 1. The number of rotatable bonds is 4. The fourth-order valence-corrected chi connectivity index (χ4v) is 3.94. The average molecular weight is 412 g/mol. The van der Waals surface area contributed by atoms with Crippen LogP contribution in [0.3, 0.4) is 0 Å². The molecule has 0 unspecified atom stereocenters. The number of halogens is 2. The second-order valence-electron chi connectivity index (χ2n) is 5.38. The van der Waals surface area contributed by atoms with Crippen LogP contribution >= 0.6 is 28.3 Å². The molecular weight excluding hydrogens is 392 g/mol. The molecule has 5 nitrogen and oxygen atoms in total. The van der Waals surface area contributed by atoms with Crippen LogP contribution in [-0.2, 0) is 20.4 Å². The Balaban J connectivity index is 0.00000242. The molecule has 2 N–H and O–H groups in total. The largest absolute Gasteiger partial charge is 0.342 e. The Morgan fingerprint density at radius 1 is 1.23 bits per heavy atom. The van der Waals surface area contributed by atoms with Crippen molar-refractivity contribution in [3.63, 3.8) is 0 Å². The molecule has 0 bridgehead atoms. The van der Waals surface area contributed by atoms with Crippen molar-refractivity contribution in [2.45, 2.75) is 24.6 Å². The molecule has 2 rings (SSSR count). The minimum atomic E-state index is -3.45. The summed E-state index contributed by atoms with van der Waals surface area (Å²) in [4.78, 5) is 13.7. The van der Waals surface area contributed by atoms with E-state index in [9.17, 15) is 13.2 Å².